The Kier molecular flexibility index (Phi) is 5.49. The molecule has 2 rings (SSSR count). The summed E-state index contributed by atoms with van der Waals surface area (Å²) in [6.07, 6.45) is 5.55. The maximum Gasteiger partial charge on any atom is 0.253 e. The quantitative estimate of drug-likeness (QED) is 0.800. The lowest BCUT2D eigenvalue weighted by atomic mass is 10.1. The molecule has 0 aromatic heterocycles. The Morgan fingerprint density at radius 1 is 1.25 bits per heavy atom. The van der Waals surface area contributed by atoms with Gasteiger partial charge in [-0.15, -0.1) is 11.8 Å². The number of likely N-dealkylation sites (N-methyl/N-ethyl adjacent to an activating group) is 1. The second-order valence-electron chi connectivity index (χ2n) is 5.59. The molecule has 0 radical (unpaired) electrons. The van der Waals surface area contributed by atoms with Crippen LogP contribution in [0, 0.1) is 0 Å². The molecule has 1 aromatic rings. The number of hydrogen-bond donors (Lipinski definition) is 0. The summed E-state index contributed by atoms with van der Waals surface area (Å²) in [5, 5.41) is 0. The third-order valence-electron chi connectivity index (χ3n) is 4.00. The Balaban J connectivity index is 2.09. The minimum atomic E-state index is 0.173. The molecule has 0 spiro atoms. The van der Waals surface area contributed by atoms with E-state index in [1.165, 1.54) is 17.7 Å². The standard InChI is InChI=1S/C16H24N2OS/c1-17(2)14-6-4-5-11-18(12-14)16(19)13-7-9-15(20-3)10-8-13/h7-10,14H,4-6,11-12H2,1-3H3. The predicted molar refractivity (Wildman–Crippen MR) is 85.5 cm³/mol. The van der Waals surface area contributed by atoms with Crippen molar-refractivity contribution in [2.75, 3.05) is 33.4 Å². The third-order valence-corrected chi connectivity index (χ3v) is 4.74. The van der Waals surface area contributed by atoms with Crippen molar-refractivity contribution >= 4 is 17.7 Å². The first-order valence-corrected chi connectivity index (χ1v) is 8.44. The summed E-state index contributed by atoms with van der Waals surface area (Å²) in [6.45, 7) is 1.73. The van der Waals surface area contributed by atoms with E-state index in [0.29, 0.717) is 6.04 Å². The van der Waals surface area contributed by atoms with E-state index in [-0.39, 0.29) is 5.91 Å². The van der Waals surface area contributed by atoms with Crippen LogP contribution in [-0.4, -0.2) is 55.2 Å². The highest BCUT2D eigenvalue weighted by molar-refractivity contribution is 7.98. The molecule has 1 aliphatic rings. The van der Waals surface area contributed by atoms with Gasteiger partial charge in [0.15, 0.2) is 0 Å². The summed E-state index contributed by atoms with van der Waals surface area (Å²) >= 11 is 1.70. The van der Waals surface area contributed by atoms with Gasteiger partial charge in [-0.25, -0.2) is 0 Å². The number of nitrogens with zero attached hydrogens (tertiary/aromatic N) is 2. The van der Waals surface area contributed by atoms with Crippen molar-refractivity contribution in [3.8, 4) is 0 Å². The summed E-state index contributed by atoms with van der Waals surface area (Å²) in [5.74, 6) is 0.173. The number of likely N-dealkylation sites (tertiary alicyclic amines) is 1. The van der Waals surface area contributed by atoms with Gasteiger partial charge in [0.2, 0.25) is 0 Å². The molecule has 1 amide bonds. The fraction of sp³-hybridized carbons (Fsp3) is 0.562. The highest BCUT2D eigenvalue weighted by atomic mass is 32.2. The lowest BCUT2D eigenvalue weighted by Crippen LogP contribution is -2.41. The van der Waals surface area contributed by atoms with E-state index in [2.05, 4.69) is 19.0 Å². The van der Waals surface area contributed by atoms with E-state index in [1.54, 1.807) is 11.8 Å². The molecule has 3 nitrogen and oxygen atoms in total. The van der Waals surface area contributed by atoms with Gasteiger partial charge in [0.05, 0.1) is 0 Å². The number of rotatable bonds is 3. The molecule has 4 heteroatoms. The topological polar surface area (TPSA) is 23.6 Å². The number of carbonyl (C=O) groups excluding carboxylic acids is 1. The van der Waals surface area contributed by atoms with Crippen LogP contribution in [0.25, 0.3) is 0 Å². The fourth-order valence-corrected chi connectivity index (χ4v) is 3.05. The summed E-state index contributed by atoms with van der Waals surface area (Å²) in [4.78, 5) is 18.1. The molecule has 0 aliphatic carbocycles. The van der Waals surface area contributed by atoms with Gasteiger partial charge in [-0.2, -0.15) is 0 Å². The molecule has 20 heavy (non-hydrogen) atoms. The first-order chi connectivity index (χ1) is 9.61. The molecular formula is C16H24N2OS. The highest BCUT2D eigenvalue weighted by Gasteiger charge is 2.23. The number of hydrogen-bond acceptors (Lipinski definition) is 3. The van der Waals surface area contributed by atoms with E-state index < -0.39 is 0 Å². The van der Waals surface area contributed by atoms with Gasteiger partial charge >= 0.3 is 0 Å². The van der Waals surface area contributed by atoms with Gasteiger partial charge in [-0.05, 0) is 57.5 Å². The average molecular weight is 292 g/mol. The summed E-state index contributed by atoms with van der Waals surface area (Å²) < 4.78 is 0. The van der Waals surface area contributed by atoms with Crippen molar-refractivity contribution in [1.82, 2.24) is 9.80 Å². The first kappa shape index (κ1) is 15.4. The van der Waals surface area contributed by atoms with E-state index in [1.807, 2.05) is 35.4 Å². The molecule has 0 saturated carbocycles. The smallest absolute Gasteiger partial charge is 0.253 e. The molecule has 110 valence electrons. The van der Waals surface area contributed by atoms with Gasteiger partial charge in [0.1, 0.15) is 0 Å². The van der Waals surface area contributed by atoms with Crippen molar-refractivity contribution in [3.05, 3.63) is 29.8 Å². The molecule has 1 aromatic carbocycles. The first-order valence-electron chi connectivity index (χ1n) is 7.21. The second kappa shape index (κ2) is 7.14. The monoisotopic (exact) mass is 292 g/mol. The summed E-state index contributed by atoms with van der Waals surface area (Å²) in [7, 11) is 4.21. The van der Waals surface area contributed by atoms with Crippen LogP contribution in [0.3, 0.4) is 0 Å². The molecule has 1 heterocycles. The van der Waals surface area contributed by atoms with Gasteiger partial charge < -0.3 is 9.80 Å². The lowest BCUT2D eigenvalue weighted by molar-refractivity contribution is 0.0725. The fourth-order valence-electron chi connectivity index (χ4n) is 2.64. The normalized spacial score (nSPS) is 20.0. The van der Waals surface area contributed by atoms with E-state index >= 15 is 0 Å². The van der Waals surface area contributed by atoms with E-state index in [4.69, 9.17) is 0 Å². The van der Waals surface area contributed by atoms with Crippen LogP contribution in [0.4, 0.5) is 0 Å². The van der Waals surface area contributed by atoms with Crippen LogP contribution >= 0.6 is 11.8 Å². The largest absolute Gasteiger partial charge is 0.337 e. The molecule has 1 saturated heterocycles. The number of benzene rings is 1. The molecular weight excluding hydrogens is 268 g/mol. The van der Waals surface area contributed by atoms with Crippen molar-refractivity contribution in [3.63, 3.8) is 0 Å². The van der Waals surface area contributed by atoms with Crippen molar-refractivity contribution in [2.24, 2.45) is 0 Å². The Labute approximate surface area is 126 Å². The van der Waals surface area contributed by atoms with Crippen molar-refractivity contribution in [2.45, 2.75) is 30.2 Å². The van der Waals surface area contributed by atoms with Crippen LogP contribution in [-0.2, 0) is 0 Å². The molecule has 1 unspecified atom stereocenters. The van der Waals surface area contributed by atoms with Crippen molar-refractivity contribution < 1.29 is 4.79 Å². The highest BCUT2D eigenvalue weighted by Crippen LogP contribution is 2.19. The molecule has 1 atom stereocenters. The van der Waals surface area contributed by atoms with Crippen LogP contribution in [0.1, 0.15) is 29.6 Å². The van der Waals surface area contributed by atoms with E-state index in [9.17, 15) is 4.79 Å². The van der Waals surface area contributed by atoms with Gasteiger partial charge in [0.25, 0.3) is 5.91 Å². The predicted octanol–water partition coefficient (Wildman–Crippen LogP) is 2.96. The zero-order chi connectivity index (χ0) is 14.5. The number of thioether (sulfide) groups is 1. The van der Waals surface area contributed by atoms with Crippen LogP contribution in [0.15, 0.2) is 29.2 Å². The van der Waals surface area contributed by atoms with Crippen LogP contribution in [0.2, 0.25) is 0 Å². The van der Waals surface area contributed by atoms with Crippen LogP contribution in [0.5, 0.6) is 0 Å². The zero-order valence-electron chi connectivity index (χ0n) is 12.6. The average Bonchev–Trinajstić information content (AvgIpc) is 2.72. The van der Waals surface area contributed by atoms with Gasteiger partial charge in [-0.1, -0.05) is 6.42 Å². The molecule has 0 N–H and O–H groups in total. The Hall–Kier alpha value is -1.00. The molecule has 0 bridgehead atoms. The third kappa shape index (κ3) is 3.76. The SMILES string of the molecule is CSc1ccc(C(=O)N2CCCCC(N(C)C)C2)cc1. The molecule has 1 aliphatic heterocycles. The minimum Gasteiger partial charge on any atom is -0.337 e. The minimum absolute atomic E-state index is 0.173. The second-order valence-corrected chi connectivity index (χ2v) is 6.47. The van der Waals surface area contributed by atoms with Crippen molar-refractivity contribution in [1.29, 1.82) is 0 Å². The lowest BCUT2D eigenvalue weighted by Gasteiger charge is -2.28. The number of amides is 1. The number of carbonyl (C=O) groups is 1. The summed E-state index contributed by atoms with van der Waals surface area (Å²) in [5.41, 5.74) is 0.808. The Morgan fingerprint density at radius 2 is 1.95 bits per heavy atom. The molecule has 1 fully saturated rings. The van der Waals surface area contributed by atoms with Gasteiger partial charge in [-0.3, -0.25) is 4.79 Å². The maximum absolute atomic E-state index is 12.6. The van der Waals surface area contributed by atoms with E-state index in [0.717, 1.165) is 25.1 Å². The van der Waals surface area contributed by atoms with Gasteiger partial charge in [0, 0.05) is 29.6 Å². The Bertz CT molecular complexity index is 444. The van der Waals surface area contributed by atoms with Crippen LogP contribution < -0.4 is 0 Å². The Morgan fingerprint density at radius 3 is 2.55 bits per heavy atom. The zero-order valence-corrected chi connectivity index (χ0v) is 13.4. The summed E-state index contributed by atoms with van der Waals surface area (Å²) in [6, 6.07) is 8.43. The maximum atomic E-state index is 12.6.